The summed E-state index contributed by atoms with van der Waals surface area (Å²) < 4.78 is 1.44. The van der Waals surface area contributed by atoms with Gasteiger partial charge in [0, 0.05) is 5.56 Å². The smallest absolute Gasteiger partial charge is 0.183 e. The maximum absolute atomic E-state index is 5.77. The quantitative estimate of drug-likeness (QED) is 0.645. The number of halogens is 1. The van der Waals surface area contributed by atoms with Crippen LogP contribution in [0.25, 0.3) is 17.0 Å². The summed E-state index contributed by atoms with van der Waals surface area (Å²) in [6.45, 7) is 0. The van der Waals surface area contributed by atoms with Gasteiger partial charge in [-0.15, -0.1) is 14.8 Å². The third kappa shape index (κ3) is 1.53. The molecule has 0 N–H and O–H groups in total. The zero-order chi connectivity index (χ0) is 11.0. The number of hydrogen-bond acceptors (Lipinski definition) is 3. The average Bonchev–Trinajstić information content (AvgIpc) is 2.73. The first-order valence-corrected chi connectivity index (χ1v) is 5.16. The van der Waals surface area contributed by atoms with Crippen LogP contribution >= 0.6 is 11.6 Å². The molecule has 3 rings (SSSR count). The van der Waals surface area contributed by atoms with Crippen molar-refractivity contribution in [3.05, 3.63) is 47.6 Å². The van der Waals surface area contributed by atoms with Gasteiger partial charge in [0.05, 0.1) is 0 Å². The van der Waals surface area contributed by atoms with Crippen LogP contribution in [0.2, 0.25) is 5.15 Å². The summed E-state index contributed by atoms with van der Waals surface area (Å²) in [6, 6.07) is 13.2. The standard InChI is InChI=1S/C11H7ClN4/c12-9-6-7-10-13-11(15-16(10)14-9)8-4-2-1-3-5-8/h1-7H. The zero-order valence-electron chi connectivity index (χ0n) is 8.21. The highest BCUT2D eigenvalue weighted by molar-refractivity contribution is 6.29. The van der Waals surface area contributed by atoms with E-state index < -0.39 is 0 Å². The van der Waals surface area contributed by atoms with E-state index in [0.29, 0.717) is 16.6 Å². The lowest BCUT2D eigenvalue weighted by Crippen LogP contribution is -1.92. The third-order valence-corrected chi connectivity index (χ3v) is 2.41. The first kappa shape index (κ1) is 9.30. The van der Waals surface area contributed by atoms with Gasteiger partial charge in [-0.1, -0.05) is 41.9 Å². The number of aromatic nitrogens is 4. The SMILES string of the molecule is Clc1ccc2nc(-c3ccccc3)nn2n1. The van der Waals surface area contributed by atoms with Crippen LogP contribution in [0.1, 0.15) is 0 Å². The summed E-state index contributed by atoms with van der Waals surface area (Å²) in [5.41, 5.74) is 1.65. The van der Waals surface area contributed by atoms with Crippen molar-refractivity contribution in [1.82, 2.24) is 19.8 Å². The van der Waals surface area contributed by atoms with Crippen LogP contribution in [0.3, 0.4) is 0 Å². The minimum atomic E-state index is 0.400. The minimum Gasteiger partial charge on any atom is -0.205 e. The van der Waals surface area contributed by atoms with E-state index in [4.69, 9.17) is 11.6 Å². The summed E-state index contributed by atoms with van der Waals surface area (Å²) >= 11 is 5.77. The Kier molecular flexibility index (Phi) is 2.08. The molecule has 0 aliphatic rings. The van der Waals surface area contributed by atoms with Crippen LogP contribution in [0.15, 0.2) is 42.5 Å². The van der Waals surface area contributed by atoms with Crippen LogP contribution in [0, 0.1) is 0 Å². The fourth-order valence-corrected chi connectivity index (χ4v) is 1.61. The largest absolute Gasteiger partial charge is 0.205 e. The Morgan fingerprint density at radius 1 is 0.938 bits per heavy atom. The van der Waals surface area contributed by atoms with Gasteiger partial charge in [-0.2, -0.15) is 0 Å². The maximum Gasteiger partial charge on any atom is 0.183 e. The van der Waals surface area contributed by atoms with E-state index >= 15 is 0 Å². The molecular weight excluding hydrogens is 224 g/mol. The Bertz CT molecular complexity index is 633. The normalized spacial score (nSPS) is 10.8. The molecule has 5 heteroatoms. The highest BCUT2D eigenvalue weighted by Gasteiger charge is 2.06. The van der Waals surface area contributed by atoms with Crippen molar-refractivity contribution in [2.45, 2.75) is 0 Å². The van der Waals surface area contributed by atoms with Gasteiger partial charge in [-0.05, 0) is 12.1 Å². The first-order valence-electron chi connectivity index (χ1n) is 4.78. The highest BCUT2D eigenvalue weighted by Crippen LogP contribution is 2.15. The molecule has 0 saturated carbocycles. The molecule has 0 radical (unpaired) electrons. The molecule has 0 fully saturated rings. The molecule has 78 valence electrons. The second-order valence-corrected chi connectivity index (χ2v) is 3.69. The molecule has 2 aromatic heterocycles. The lowest BCUT2D eigenvalue weighted by molar-refractivity contribution is 0.803. The van der Waals surface area contributed by atoms with Gasteiger partial charge in [0.1, 0.15) is 0 Å². The van der Waals surface area contributed by atoms with E-state index in [1.165, 1.54) is 4.63 Å². The minimum absolute atomic E-state index is 0.400. The number of hydrogen-bond donors (Lipinski definition) is 0. The van der Waals surface area contributed by atoms with Crippen molar-refractivity contribution in [2.75, 3.05) is 0 Å². The van der Waals surface area contributed by atoms with Gasteiger partial charge in [0.25, 0.3) is 0 Å². The van der Waals surface area contributed by atoms with E-state index in [-0.39, 0.29) is 0 Å². The third-order valence-electron chi connectivity index (χ3n) is 2.21. The van der Waals surface area contributed by atoms with Gasteiger partial charge >= 0.3 is 0 Å². The molecule has 0 amide bonds. The van der Waals surface area contributed by atoms with E-state index in [1.54, 1.807) is 12.1 Å². The topological polar surface area (TPSA) is 43.1 Å². The molecule has 0 aliphatic heterocycles. The molecule has 1 aromatic carbocycles. The first-order chi connectivity index (χ1) is 7.83. The number of fused-ring (bicyclic) bond motifs is 1. The molecule has 16 heavy (non-hydrogen) atoms. The summed E-state index contributed by atoms with van der Waals surface area (Å²) in [7, 11) is 0. The number of benzene rings is 1. The fourth-order valence-electron chi connectivity index (χ4n) is 1.47. The van der Waals surface area contributed by atoms with E-state index in [9.17, 15) is 0 Å². The van der Waals surface area contributed by atoms with Crippen molar-refractivity contribution in [3.8, 4) is 11.4 Å². The maximum atomic E-state index is 5.77. The Balaban J connectivity index is 2.19. The van der Waals surface area contributed by atoms with Crippen molar-refractivity contribution in [3.63, 3.8) is 0 Å². The van der Waals surface area contributed by atoms with Gasteiger partial charge in [0.15, 0.2) is 16.6 Å². The lowest BCUT2D eigenvalue weighted by Gasteiger charge is -1.91. The van der Waals surface area contributed by atoms with Crippen LogP contribution < -0.4 is 0 Å². The monoisotopic (exact) mass is 230 g/mol. The van der Waals surface area contributed by atoms with Crippen LogP contribution in [-0.2, 0) is 0 Å². The van der Waals surface area contributed by atoms with E-state index in [1.807, 2.05) is 30.3 Å². The number of rotatable bonds is 1. The van der Waals surface area contributed by atoms with Crippen molar-refractivity contribution in [2.24, 2.45) is 0 Å². The second kappa shape index (κ2) is 3.57. The molecular formula is C11H7ClN4. The van der Waals surface area contributed by atoms with Crippen molar-refractivity contribution < 1.29 is 0 Å². The summed E-state index contributed by atoms with van der Waals surface area (Å²) in [5.74, 6) is 0.648. The molecule has 0 unspecified atom stereocenters. The molecule has 4 nitrogen and oxygen atoms in total. The molecule has 0 aliphatic carbocycles. The Morgan fingerprint density at radius 2 is 1.75 bits per heavy atom. The predicted molar refractivity (Wildman–Crippen MR) is 61.2 cm³/mol. The highest BCUT2D eigenvalue weighted by atomic mass is 35.5. The number of nitrogens with zero attached hydrogens (tertiary/aromatic N) is 4. The van der Waals surface area contributed by atoms with Crippen molar-refractivity contribution in [1.29, 1.82) is 0 Å². The van der Waals surface area contributed by atoms with Gasteiger partial charge in [0.2, 0.25) is 0 Å². The van der Waals surface area contributed by atoms with E-state index in [2.05, 4.69) is 15.2 Å². The predicted octanol–water partition coefficient (Wildman–Crippen LogP) is 2.44. The second-order valence-electron chi connectivity index (χ2n) is 3.31. The van der Waals surface area contributed by atoms with Crippen LogP contribution in [-0.4, -0.2) is 19.8 Å². The molecule has 0 spiro atoms. The van der Waals surface area contributed by atoms with Gasteiger partial charge < -0.3 is 0 Å². The summed E-state index contributed by atoms with van der Waals surface area (Å²) in [4.78, 5) is 4.35. The molecule has 0 atom stereocenters. The van der Waals surface area contributed by atoms with Gasteiger partial charge in [-0.25, -0.2) is 4.98 Å². The van der Waals surface area contributed by atoms with Gasteiger partial charge in [-0.3, -0.25) is 0 Å². The molecule has 0 bridgehead atoms. The lowest BCUT2D eigenvalue weighted by atomic mass is 10.2. The Morgan fingerprint density at radius 3 is 2.56 bits per heavy atom. The zero-order valence-corrected chi connectivity index (χ0v) is 8.96. The van der Waals surface area contributed by atoms with E-state index in [0.717, 1.165) is 5.56 Å². The fraction of sp³-hybridized carbons (Fsp3) is 0. The average molecular weight is 231 g/mol. The molecule has 3 aromatic rings. The van der Waals surface area contributed by atoms with Crippen molar-refractivity contribution >= 4 is 17.2 Å². The summed E-state index contributed by atoms with van der Waals surface area (Å²) in [6.07, 6.45) is 0. The Labute approximate surface area is 96.5 Å². The summed E-state index contributed by atoms with van der Waals surface area (Å²) in [5, 5.41) is 8.68. The molecule has 2 heterocycles. The van der Waals surface area contributed by atoms with Crippen LogP contribution in [0.5, 0.6) is 0 Å². The van der Waals surface area contributed by atoms with Crippen LogP contribution in [0.4, 0.5) is 0 Å². The Hall–Kier alpha value is -1.94. The molecule has 0 saturated heterocycles.